The Labute approximate surface area is 118 Å². The van der Waals surface area contributed by atoms with E-state index in [4.69, 9.17) is 0 Å². The Morgan fingerprint density at radius 1 is 1.26 bits per heavy atom. The first kappa shape index (κ1) is 14.5. The lowest BCUT2D eigenvalue weighted by atomic mass is 9.91. The molecule has 0 aromatic heterocycles. The van der Waals surface area contributed by atoms with E-state index in [-0.39, 0.29) is 0 Å². The van der Waals surface area contributed by atoms with Gasteiger partial charge in [0.15, 0.2) is 0 Å². The molecule has 1 aromatic rings. The molecule has 19 heavy (non-hydrogen) atoms. The van der Waals surface area contributed by atoms with Crippen LogP contribution in [0.1, 0.15) is 44.7 Å². The highest BCUT2D eigenvalue weighted by molar-refractivity contribution is 5.18. The Bertz CT molecular complexity index is 363. The van der Waals surface area contributed by atoms with Gasteiger partial charge in [-0.05, 0) is 51.3 Å². The van der Waals surface area contributed by atoms with Crippen LogP contribution in [0.25, 0.3) is 0 Å². The van der Waals surface area contributed by atoms with Gasteiger partial charge in [-0.25, -0.2) is 0 Å². The van der Waals surface area contributed by atoms with Crippen LogP contribution in [0.3, 0.4) is 0 Å². The van der Waals surface area contributed by atoms with E-state index in [2.05, 4.69) is 61.4 Å². The first-order valence-electron chi connectivity index (χ1n) is 7.68. The molecule has 0 saturated carbocycles. The van der Waals surface area contributed by atoms with Crippen molar-refractivity contribution in [3.05, 3.63) is 35.9 Å². The smallest absolute Gasteiger partial charge is 0.0329 e. The van der Waals surface area contributed by atoms with Crippen molar-refractivity contribution in [1.82, 2.24) is 10.2 Å². The number of rotatable bonds is 5. The second-order valence-electron chi connectivity index (χ2n) is 5.94. The zero-order valence-corrected chi connectivity index (χ0v) is 12.6. The van der Waals surface area contributed by atoms with Crippen LogP contribution in [-0.4, -0.2) is 31.1 Å². The lowest BCUT2D eigenvalue weighted by molar-refractivity contribution is 0.109. The summed E-state index contributed by atoms with van der Waals surface area (Å²) in [4.78, 5) is 2.67. The molecule has 1 aliphatic rings. The maximum absolute atomic E-state index is 3.46. The molecule has 2 heteroatoms. The molecular weight excluding hydrogens is 232 g/mol. The Morgan fingerprint density at radius 3 is 2.68 bits per heavy atom. The number of likely N-dealkylation sites (tertiary alicyclic amines) is 1. The lowest BCUT2D eigenvalue weighted by Gasteiger charge is -2.38. The average Bonchev–Trinajstić information content (AvgIpc) is 2.45. The van der Waals surface area contributed by atoms with Gasteiger partial charge in [-0.15, -0.1) is 0 Å². The molecule has 0 radical (unpaired) electrons. The molecule has 0 spiro atoms. The van der Waals surface area contributed by atoms with Crippen LogP contribution in [-0.2, 0) is 0 Å². The quantitative estimate of drug-likeness (QED) is 0.872. The van der Waals surface area contributed by atoms with Gasteiger partial charge in [0.05, 0.1) is 0 Å². The molecule has 2 rings (SSSR count). The fourth-order valence-electron chi connectivity index (χ4n) is 3.19. The van der Waals surface area contributed by atoms with Gasteiger partial charge in [0.25, 0.3) is 0 Å². The number of piperidine rings is 1. The summed E-state index contributed by atoms with van der Waals surface area (Å²) in [6.45, 7) is 7.26. The summed E-state index contributed by atoms with van der Waals surface area (Å²) in [5.41, 5.74) is 1.41. The van der Waals surface area contributed by atoms with Gasteiger partial charge in [-0.2, -0.15) is 0 Å². The van der Waals surface area contributed by atoms with E-state index in [1.807, 2.05) is 0 Å². The Hall–Kier alpha value is -0.860. The van der Waals surface area contributed by atoms with Gasteiger partial charge in [-0.1, -0.05) is 37.3 Å². The van der Waals surface area contributed by atoms with E-state index in [0.29, 0.717) is 6.04 Å². The zero-order valence-electron chi connectivity index (χ0n) is 12.6. The van der Waals surface area contributed by atoms with Crippen molar-refractivity contribution < 1.29 is 0 Å². The Kier molecular flexibility index (Phi) is 5.41. The molecule has 2 nitrogen and oxygen atoms in total. The number of nitrogens with one attached hydrogen (secondary N) is 1. The predicted molar refractivity (Wildman–Crippen MR) is 82.3 cm³/mol. The van der Waals surface area contributed by atoms with Gasteiger partial charge in [0.2, 0.25) is 0 Å². The minimum Gasteiger partial charge on any atom is -0.313 e. The van der Waals surface area contributed by atoms with Gasteiger partial charge in [-0.3, -0.25) is 0 Å². The van der Waals surface area contributed by atoms with E-state index in [9.17, 15) is 0 Å². The second-order valence-corrected chi connectivity index (χ2v) is 5.94. The van der Waals surface area contributed by atoms with Crippen LogP contribution in [0.2, 0.25) is 0 Å². The van der Waals surface area contributed by atoms with Gasteiger partial charge < -0.3 is 10.2 Å². The summed E-state index contributed by atoms with van der Waals surface area (Å²) >= 11 is 0. The normalized spacial score (nSPS) is 26.3. The molecule has 3 unspecified atom stereocenters. The van der Waals surface area contributed by atoms with E-state index < -0.39 is 0 Å². The van der Waals surface area contributed by atoms with Crippen molar-refractivity contribution in [2.75, 3.05) is 20.1 Å². The van der Waals surface area contributed by atoms with Crippen molar-refractivity contribution in [2.45, 2.75) is 45.2 Å². The zero-order chi connectivity index (χ0) is 13.7. The molecule has 1 aliphatic heterocycles. The molecule has 1 N–H and O–H groups in total. The molecule has 106 valence electrons. The Morgan fingerprint density at radius 2 is 2.00 bits per heavy atom. The molecular formula is C17H28N2. The monoisotopic (exact) mass is 260 g/mol. The molecule has 1 aromatic carbocycles. The number of hydrogen-bond acceptors (Lipinski definition) is 2. The average molecular weight is 260 g/mol. The standard InChI is InChI=1S/C17H28N2/c1-14-8-7-12-19(15(14)2)13-11-17(18-3)16-9-5-4-6-10-16/h4-6,9-10,14-15,17-18H,7-8,11-13H2,1-3H3. The van der Waals surface area contributed by atoms with Crippen molar-refractivity contribution in [1.29, 1.82) is 0 Å². The highest BCUT2D eigenvalue weighted by atomic mass is 15.2. The Balaban J connectivity index is 1.89. The van der Waals surface area contributed by atoms with Gasteiger partial charge in [0, 0.05) is 18.6 Å². The van der Waals surface area contributed by atoms with E-state index in [1.165, 1.54) is 37.9 Å². The topological polar surface area (TPSA) is 15.3 Å². The van der Waals surface area contributed by atoms with E-state index >= 15 is 0 Å². The van der Waals surface area contributed by atoms with Crippen LogP contribution < -0.4 is 5.32 Å². The molecule has 1 heterocycles. The molecule has 3 atom stereocenters. The van der Waals surface area contributed by atoms with Crippen LogP contribution in [0, 0.1) is 5.92 Å². The maximum Gasteiger partial charge on any atom is 0.0329 e. The molecule has 0 aliphatic carbocycles. The number of benzene rings is 1. The third kappa shape index (κ3) is 3.80. The molecule has 0 bridgehead atoms. The summed E-state index contributed by atoms with van der Waals surface area (Å²) in [7, 11) is 2.07. The fourth-order valence-corrected chi connectivity index (χ4v) is 3.19. The summed E-state index contributed by atoms with van der Waals surface area (Å²) in [6, 6.07) is 12.0. The summed E-state index contributed by atoms with van der Waals surface area (Å²) in [5, 5.41) is 3.46. The van der Waals surface area contributed by atoms with Crippen LogP contribution in [0.15, 0.2) is 30.3 Å². The number of nitrogens with zero attached hydrogens (tertiary/aromatic N) is 1. The summed E-state index contributed by atoms with van der Waals surface area (Å²) < 4.78 is 0. The molecule has 1 fully saturated rings. The molecule has 0 amide bonds. The summed E-state index contributed by atoms with van der Waals surface area (Å²) in [6.07, 6.45) is 3.95. The fraction of sp³-hybridized carbons (Fsp3) is 0.647. The van der Waals surface area contributed by atoms with Crippen LogP contribution in [0.4, 0.5) is 0 Å². The van der Waals surface area contributed by atoms with Gasteiger partial charge in [0.1, 0.15) is 0 Å². The van der Waals surface area contributed by atoms with Crippen LogP contribution in [0.5, 0.6) is 0 Å². The van der Waals surface area contributed by atoms with Crippen molar-refractivity contribution in [2.24, 2.45) is 5.92 Å². The second kappa shape index (κ2) is 7.06. The summed E-state index contributed by atoms with van der Waals surface area (Å²) in [5.74, 6) is 0.846. The van der Waals surface area contributed by atoms with Crippen LogP contribution >= 0.6 is 0 Å². The minimum absolute atomic E-state index is 0.477. The van der Waals surface area contributed by atoms with Crippen molar-refractivity contribution in [3.63, 3.8) is 0 Å². The molecule has 1 saturated heterocycles. The third-order valence-corrected chi connectivity index (χ3v) is 4.76. The largest absolute Gasteiger partial charge is 0.313 e. The first-order valence-corrected chi connectivity index (χ1v) is 7.68. The lowest BCUT2D eigenvalue weighted by Crippen LogP contribution is -2.43. The van der Waals surface area contributed by atoms with E-state index in [0.717, 1.165) is 12.0 Å². The third-order valence-electron chi connectivity index (χ3n) is 4.76. The minimum atomic E-state index is 0.477. The highest BCUT2D eigenvalue weighted by Gasteiger charge is 2.24. The highest BCUT2D eigenvalue weighted by Crippen LogP contribution is 2.24. The predicted octanol–water partition coefficient (Wildman–Crippen LogP) is 3.46. The first-order chi connectivity index (χ1) is 9.22. The van der Waals surface area contributed by atoms with Gasteiger partial charge >= 0.3 is 0 Å². The van der Waals surface area contributed by atoms with Crippen molar-refractivity contribution in [3.8, 4) is 0 Å². The SMILES string of the molecule is CNC(CCN1CCCC(C)C1C)c1ccccc1. The maximum atomic E-state index is 3.46. The van der Waals surface area contributed by atoms with Crippen molar-refractivity contribution >= 4 is 0 Å². The number of hydrogen-bond donors (Lipinski definition) is 1. The van der Waals surface area contributed by atoms with E-state index in [1.54, 1.807) is 0 Å².